The molecule has 180 valence electrons. The SMILES string of the molecule is CCCCCCCCCCOc1ccc(C2OCC3OC(c4ccccc4)CCC3O2)cc1. The van der Waals surface area contributed by atoms with Crippen molar-refractivity contribution in [2.24, 2.45) is 0 Å². The molecule has 33 heavy (non-hydrogen) atoms. The fourth-order valence-corrected chi connectivity index (χ4v) is 4.79. The lowest BCUT2D eigenvalue weighted by Gasteiger charge is -2.42. The summed E-state index contributed by atoms with van der Waals surface area (Å²) in [6, 6.07) is 18.6. The largest absolute Gasteiger partial charge is 0.494 e. The summed E-state index contributed by atoms with van der Waals surface area (Å²) in [5.74, 6) is 0.919. The first kappa shape index (κ1) is 24.3. The number of hydrogen-bond acceptors (Lipinski definition) is 4. The molecule has 0 aromatic heterocycles. The van der Waals surface area contributed by atoms with Crippen molar-refractivity contribution >= 4 is 0 Å². The minimum Gasteiger partial charge on any atom is -0.494 e. The molecule has 4 nitrogen and oxygen atoms in total. The molecule has 2 fully saturated rings. The maximum atomic E-state index is 6.31. The minimum atomic E-state index is -0.329. The van der Waals surface area contributed by atoms with Crippen molar-refractivity contribution in [3.8, 4) is 5.75 Å². The molecule has 2 aromatic rings. The fourth-order valence-electron chi connectivity index (χ4n) is 4.79. The van der Waals surface area contributed by atoms with Crippen LogP contribution in [0.15, 0.2) is 54.6 Å². The number of benzene rings is 2. The van der Waals surface area contributed by atoms with E-state index in [2.05, 4.69) is 43.3 Å². The van der Waals surface area contributed by atoms with E-state index in [9.17, 15) is 0 Å². The summed E-state index contributed by atoms with van der Waals surface area (Å²) in [4.78, 5) is 0. The molecule has 2 saturated heterocycles. The van der Waals surface area contributed by atoms with Crippen LogP contribution in [0.1, 0.15) is 94.7 Å². The molecule has 0 N–H and O–H groups in total. The molecule has 4 rings (SSSR count). The molecule has 0 aliphatic carbocycles. The molecule has 2 aliphatic rings. The molecule has 0 spiro atoms. The molecule has 0 saturated carbocycles. The molecular weight excluding hydrogens is 412 g/mol. The van der Waals surface area contributed by atoms with Crippen molar-refractivity contribution in [3.63, 3.8) is 0 Å². The number of fused-ring (bicyclic) bond motifs is 1. The lowest BCUT2D eigenvalue weighted by molar-refractivity contribution is -0.289. The van der Waals surface area contributed by atoms with E-state index in [1.807, 2.05) is 18.2 Å². The second kappa shape index (κ2) is 13.1. The molecular formula is C29H40O4. The van der Waals surface area contributed by atoms with E-state index in [1.54, 1.807) is 0 Å². The first-order valence-corrected chi connectivity index (χ1v) is 13.0. The maximum Gasteiger partial charge on any atom is 0.184 e. The van der Waals surface area contributed by atoms with Crippen LogP contribution in [0.4, 0.5) is 0 Å². The zero-order chi connectivity index (χ0) is 22.7. The Hall–Kier alpha value is -1.88. The van der Waals surface area contributed by atoms with Crippen LogP contribution in [-0.4, -0.2) is 25.4 Å². The van der Waals surface area contributed by atoms with Gasteiger partial charge >= 0.3 is 0 Å². The van der Waals surface area contributed by atoms with Crippen molar-refractivity contribution in [3.05, 3.63) is 65.7 Å². The van der Waals surface area contributed by atoms with Crippen LogP contribution in [0.2, 0.25) is 0 Å². The maximum absolute atomic E-state index is 6.31. The highest BCUT2D eigenvalue weighted by molar-refractivity contribution is 5.28. The third kappa shape index (κ3) is 7.30. The summed E-state index contributed by atoms with van der Waals surface area (Å²) in [5, 5.41) is 0. The normalized spacial score (nSPS) is 24.9. The summed E-state index contributed by atoms with van der Waals surface area (Å²) in [7, 11) is 0. The zero-order valence-electron chi connectivity index (χ0n) is 20.1. The molecule has 4 atom stereocenters. The lowest BCUT2D eigenvalue weighted by atomic mass is 9.96. The Morgan fingerprint density at radius 1 is 0.727 bits per heavy atom. The number of ether oxygens (including phenoxy) is 4. The van der Waals surface area contributed by atoms with Crippen LogP contribution < -0.4 is 4.74 Å². The Balaban J connectivity index is 1.15. The smallest absolute Gasteiger partial charge is 0.184 e. The van der Waals surface area contributed by atoms with E-state index in [4.69, 9.17) is 18.9 Å². The zero-order valence-corrected chi connectivity index (χ0v) is 20.1. The van der Waals surface area contributed by atoms with Crippen molar-refractivity contribution in [1.82, 2.24) is 0 Å². The van der Waals surface area contributed by atoms with Crippen LogP contribution in [0.25, 0.3) is 0 Å². The Morgan fingerprint density at radius 3 is 2.21 bits per heavy atom. The van der Waals surface area contributed by atoms with Crippen LogP contribution in [0.5, 0.6) is 5.75 Å². The Morgan fingerprint density at radius 2 is 1.45 bits per heavy atom. The molecule has 0 radical (unpaired) electrons. The van der Waals surface area contributed by atoms with Gasteiger partial charge in [0.2, 0.25) is 0 Å². The predicted molar refractivity (Wildman–Crippen MR) is 131 cm³/mol. The van der Waals surface area contributed by atoms with Gasteiger partial charge in [-0.05, 0) is 37.0 Å². The number of rotatable bonds is 12. The summed E-state index contributed by atoms with van der Waals surface area (Å²) in [5.41, 5.74) is 2.28. The highest BCUT2D eigenvalue weighted by atomic mass is 16.7. The number of hydrogen-bond donors (Lipinski definition) is 0. The van der Waals surface area contributed by atoms with Gasteiger partial charge in [-0.1, -0.05) is 94.3 Å². The second-order valence-electron chi connectivity index (χ2n) is 9.38. The van der Waals surface area contributed by atoms with Gasteiger partial charge in [-0.2, -0.15) is 0 Å². The van der Waals surface area contributed by atoms with Crippen molar-refractivity contribution in [2.45, 2.75) is 95.7 Å². The number of unbranched alkanes of at least 4 members (excludes halogenated alkanes) is 7. The third-order valence-corrected chi connectivity index (χ3v) is 6.77. The summed E-state index contributed by atoms with van der Waals surface area (Å²) in [6.45, 7) is 3.62. The Labute approximate surface area is 199 Å². The summed E-state index contributed by atoms with van der Waals surface area (Å²) < 4.78 is 24.5. The van der Waals surface area contributed by atoms with Gasteiger partial charge in [0.25, 0.3) is 0 Å². The van der Waals surface area contributed by atoms with Gasteiger partial charge in [-0.25, -0.2) is 0 Å². The van der Waals surface area contributed by atoms with Gasteiger partial charge in [-0.15, -0.1) is 0 Å². The van der Waals surface area contributed by atoms with Gasteiger partial charge in [0, 0.05) is 5.56 Å². The van der Waals surface area contributed by atoms with Crippen molar-refractivity contribution in [1.29, 1.82) is 0 Å². The standard InChI is InChI=1S/C29H40O4/c1-2-3-4-5-6-7-8-12-21-30-25-17-15-24(16-18-25)29-31-22-28-27(33-29)20-19-26(32-28)23-13-10-9-11-14-23/h9-11,13-18,26-29H,2-8,12,19-22H2,1H3. The fraction of sp³-hybridized carbons (Fsp3) is 0.586. The predicted octanol–water partition coefficient (Wildman–Crippen LogP) is 7.54. The van der Waals surface area contributed by atoms with Gasteiger partial charge < -0.3 is 18.9 Å². The topological polar surface area (TPSA) is 36.9 Å². The quantitative estimate of drug-likeness (QED) is 0.312. The second-order valence-corrected chi connectivity index (χ2v) is 9.38. The van der Waals surface area contributed by atoms with E-state index in [-0.39, 0.29) is 24.6 Å². The molecule has 0 amide bonds. The third-order valence-electron chi connectivity index (χ3n) is 6.77. The van der Waals surface area contributed by atoms with Crippen LogP contribution in [0.3, 0.4) is 0 Å². The molecule has 2 heterocycles. The van der Waals surface area contributed by atoms with Gasteiger partial charge in [0.1, 0.15) is 11.9 Å². The molecule has 0 bridgehead atoms. The first-order chi connectivity index (χ1) is 16.3. The van der Waals surface area contributed by atoms with Gasteiger partial charge in [0.15, 0.2) is 6.29 Å². The van der Waals surface area contributed by atoms with E-state index in [0.29, 0.717) is 6.61 Å². The van der Waals surface area contributed by atoms with E-state index >= 15 is 0 Å². The van der Waals surface area contributed by atoms with Crippen LogP contribution in [0, 0.1) is 0 Å². The average Bonchev–Trinajstić information content (AvgIpc) is 2.88. The monoisotopic (exact) mass is 452 g/mol. The van der Waals surface area contributed by atoms with E-state index in [0.717, 1.165) is 37.2 Å². The summed E-state index contributed by atoms with van der Waals surface area (Å²) >= 11 is 0. The summed E-state index contributed by atoms with van der Waals surface area (Å²) in [6.07, 6.45) is 12.4. The highest BCUT2D eigenvalue weighted by Crippen LogP contribution is 2.38. The first-order valence-electron chi connectivity index (χ1n) is 13.0. The molecule has 2 aliphatic heterocycles. The molecule has 2 aromatic carbocycles. The lowest BCUT2D eigenvalue weighted by Crippen LogP contribution is -2.45. The van der Waals surface area contributed by atoms with Crippen molar-refractivity contribution in [2.75, 3.05) is 13.2 Å². The Bertz CT molecular complexity index is 791. The molecule has 4 unspecified atom stereocenters. The Kier molecular flexibility index (Phi) is 9.64. The molecule has 4 heteroatoms. The van der Waals surface area contributed by atoms with Gasteiger partial charge in [-0.3, -0.25) is 0 Å². The highest BCUT2D eigenvalue weighted by Gasteiger charge is 2.38. The van der Waals surface area contributed by atoms with Crippen LogP contribution in [-0.2, 0) is 14.2 Å². The van der Waals surface area contributed by atoms with E-state index < -0.39 is 0 Å². The minimum absolute atomic E-state index is 0.00513. The van der Waals surface area contributed by atoms with Crippen molar-refractivity contribution < 1.29 is 18.9 Å². The average molecular weight is 453 g/mol. The van der Waals surface area contributed by atoms with Gasteiger partial charge in [0.05, 0.1) is 25.4 Å². The van der Waals surface area contributed by atoms with E-state index in [1.165, 1.54) is 50.5 Å². The van der Waals surface area contributed by atoms with Crippen LogP contribution >= 0.6 is 0 Å².